The Morgan fingerprint density at radius 1 is 1.18 bits per heavy atom. The van der Waals surface area contributed by atoms with Gasteiger partial charge in [-0.05, 0) is 25.0 Å². The molecule has 0 radical (unpaired) electrons. The number of pyridine rings is 1. The highest BCUT2D eigenvalue weighted by atomic mass is 16.6. The van der Waals surface area contributed by atoms with Crippen molar-refractivity contribution in [2.75, 3.05) is 20.3 Å². The Morgan fingerprint density at radius 3 is 2.64 bits per heavy atom. The highest BCUT2D eigenvalue weighted by molar-refractivity contribution is 5.94. The molecule has 0 saturated heterocycles. The van der Waals surface area contributed by atoms with E-state index in [4.69, 9.17) is 9.47 Å². The summed E-state index contributed by atoms with van der Waals surface area (Å²) in [6.45, 7) is 2.35. The van der Waals surface area contributed by atoms with Gasteiger partial charge in [-0.3, -0.25) is 14.3 Å². The van der Waals surface area contributed by atoms with Crippen LogP contribution in [0.2, 0.25) is 0 Å². The predicted molar refractivity (Wildman–Crippen MR) is 104 cm³/mol. The van der Waals surface area contributed by atoms with Gasteiger partial charge >= 0.3 is 11.7 Å². The van der Waals surface area contributed by atoms with Gasteiger partial charge in [-0.2, -0.15) is 0 Å². The van der Waals surface area contributed by atoms with Gasteiger partial charge in [-0.15, -0.1) is 0 Å². The van der Waals surface area contributed by atoms with Crippen LogP contribution in [-0.2, 0) is 22.4 Å². The second-order valence-electron chi connectivity index (χ2n) is 6.27. The van der Waals surface area contributed by atoms with Crippen LogP contribution in [0.15, 0.2) is 46.0 Å². The fourth-order valence-corrected chi connectivity index (χ4v) is 2.89. The minimum atomic E-state index is -0.592. The van der Waals surface area contributed by atoms with E-state index in [9.17, 15) is 14.4 Å². The molecule has 0 bridgehead atoms. The third-order valence-corrected chi connectivity index (χ3v) is 4.37. The fourth-order valence-electron chi connectivity index (χ4n) is 2.89. The number of esters is 1. The summed E-state index contributed by atoms with van der Waals surface area (Å²) in [6, 6.07) is 11.1. The molecule has 0 aliphatic heterocycles. The van der Waals surface area contributed by atoms with Crippen molar-refractivity contribution in [1.82, 2.24) is 14.5 Å². The van der Waals surface area contributed by atoms with Gasteiger partial charge in [0.25, 0.3) is 5.56 Å². The van der Waals surface area contributed by atoms with Gasteiger partial charge < -0.3 is 9.47 Å². The molecule has 1 aromatic carbocycles. The summed E-state index contributed by atoms with van der Waals surface area (Å²) < 4.78 is 11.4. The second kappa shape index (κ2) is 8.62. The maximum Gasteiger partial charge on any atom is 0.340 e. The first-order valence-corrected chi connectivity index (χ1v) is 8.85. The molecule has 1 N–H and O–H groups in total. The quantitative estimate of drug-likeness (QED) is 0.489. The van der Waals surface area contributed by atoms with E-state index in [1.807, 2.05) is 30.3 Å². The van der Waals surface area contributed by atoms with E-state index in [0.717, 1.165) is 5.56 Å². The van der Waals surface area contributed by atoms with Crippen molar-refractivity contribution in [2.24, 2.45) is 0 Å². The molecule has 8 nitrogen and oxygen atoms in total. The van der Waals surface area contributed by atoms with Crippen LogP contribution in [0.1, 0.15) is 21.6 Å². The number of hydrogen-bond acceptors (Lipinski definition) is 6. The van der Waals surface area contributed by atoms with Gasteiger partial charge in [0.05, 0.1) is 23.3 Å². The van der Waals surface area contributed by atoms with Gasteiger partial charge in [-0.25, -0.2) is 14.6 Å². The van der Waals surface area contributed by atoms with Crippen LogP contribution in [0.25, 0.3) is 11.0 Å². The van der Waals surface area contributed by atoms with Gasteiger partial charge in [0.2, 0.25) is 0 Å². The molecule has 146 valence electrons. The van der Waals surface area contributed by atoms with Gasteiger partial charge in [0.1, 0.15) is 12.3 Å². The second-order valence-corrected chi connectivity index (χ2v) is 6.27. The molecule has 2 aromatic heterocycles. The summed E-state index contributed by atoms with van der Waals surface area (Å²) in [4.78, 5) is 43.6. The Kier molecular flexibility index (Phi) is 6.00. The molecule has 3 aromatic rings. The van der Waals surface area contributed by atoms with Crippen molar-refractivity contribution in [1.29, 1.82) is 0 Å². The first-order valence-electron chi connectivity index (χ1n) is 8.85. The number of carbonyl (C=O) groups is 1. The van der Waals surface area contributed by atoms with Crippen LogP contribution in [0, 0.1) is 6.92 Å². The van der Waals surface area contributed by atoms with Crippen LogP contribution >= 0.6 is 0 Å². The molecular weight excluding hydrogens is 362 g/mol. The van der Waals surface area contributed by atoms with Crippen molar-refractivity contribution < 1.29 is 14.3 Å². The zero-order valence-electron chi connectivity index (χ0n) is 15.7. The lowest BCUT2D eigenvalue weighted by Gasteiger charge is -2.12. The average molecular weight is 383 g/mol. The van der Waals surface area contributed by atoms with Crippen molar-refractivity contribution in [3.8, 4) is 0 Å². The minimum absolute atomic E-state index is 0.0970. The van der Waals surface area contributed by atoms with Crippen LogP contribution in [0.5, 0.6) is 0 Å². The number of nitrogens with one attached hydrogen (secondary N) is 1. The number of ether oxygens (including phenoxy) is 2. The van der Waals surface area contributed by atoms with E-state index in [1.165, 1.54) is 17.7 Å². The first kappa shape index (κ1) is 19.5. The van der Waals surface area contributed by atoms with Gasteiger partial charge in [0.15, 0.2) is 0 Å². The van der Waals surface area contributed by atoms with E-state index in [0.29, 0.717) is 18.7 Å². The highest BCUT2D eigenvalue weighted by Crippen LogP contribution is 2.14. The largest absolute Gasteiger partial charge is 0.460 e. The number of nitrogens with zero attached hydrogens (tertiary/aromatic N) is 2. The number of aromatic nitrogens is 3. The smallest absolute Gasteiger partial charge is 0.340 e. The van der Waals surface area contributed by atoms with E-state index in [1.54, 1.807) is 6.92 Å². The van der Waals surface area contributed by atoms with E-state index in [2.05, 4.69) is 9.97 Å². The zero-order valence-corrected chi connectivity index (χ0v) is 15.7. The molecular formula is C20H21N3O5. The number of hydrogen-bond donors (Lipinski definition) is 1. The summed E-state index contributed by atoms with van der Waals surface area (Å²) in [7, 11) is 1.50. The summed E-state index contributed by atoms with van der Waals surface area (Å²) in [5, 5.41) is 0.164. The Bertz CT molecular complexity index is 1100. The Hall–Kier alpha value is -3.26. The maximum atomic E-state index is 12.3. The van der Waals surface area contributed by atoms with Crippen molar-refractivity contribution in [2.45, 2.75) is 19.9 Å². The molecule has 28 heavy (non-hydrogen) atoms. The van der Waals surface area contributed by atoms with Crippen LogP contribution in [0.3, 0.4) is 0 Å². The molecule has 0 saturated carbocycles. The molecule has 0 aliphatic rings. The SMILES string of the molecule is COCCOC(=O)c1cc2c(=O)[nH]c(=O)n(CCc3ccccc3)c2nc1C. The number of benzene rings is 1. The van der Waals surface area contributed by atoms with Crippen molar-refractivity contribution in [3.63, 3.8) is 0 Å². The molecule has 8 heteroatoms. The summed E-state index contributed by atoms with van der Waals surface area (Å²) in [5.41, 5.74) is 0.750. The van der Waals surface area contributed by atoms with Crippen molar-refractivity contribution in [3.05, 3.63) is 74.1 Å². The summed E-state index contributed by atoms with van der Waals surface area (Å²) >= 11 is 0. The third-order valence-electron chi connectivity index (χ3n) is 4.37. The number of aromatic amines is 1. The molecule has 2 heterocycles. The number of methoxy groups -OCH3 is 1. The molecule has 0 aliphatic carbocycles. The molecule has 3 rings (SSSR count). The van der Waals surface area contributed by atoms with E-state index < -0.39 is 17.2 Å². The van der Waals surface area contributed by atoms with Crippen molar-refractivity contribution >= 4 is 17.0 Å². The third kappa shape index (κ3) is 4.17. The standard InChI is InChI=1S/C20H21N3O5/c1-13-15(19(25)28-11-10-27-2)12-16-17(21-13)23(20(26)22-18(16)24)9-8-14-6-4-3-5-7-14/h3-7,12H,8-11H2,1-2H3,(H,22,24,26). The molecule has 0 spiro atoms. The molecule has 0 fully saturated rings. The van der Waals surface area contributed by atoms with Crippen LogP contribution in [0.4, 0.5) is 0 Å². The number of fused-ring (bicyclic) bond motifs is 1. The summed E-state index contributed by atoms with van der Waals surface area (Å²) in [6.07, 6.45) is 0.601. The lowest BCUT2D eigenvalue weighted by atomic mass is 10.1. The predicted octanol–water partition coefficient (Wildman–Crippen LogP) is 1.44. The van der Waals surface area contributed by atoms with Crippen LogP contribution < -0.4 is 11.2 Å². The monoisotopic (exact) mass is 383 g/mol. The minimum Gasteiger partial charge on any atom is -0.460 e. The lowest BCUT2D eigenvalue weighted by Crippen LogP contribution is -2.32. The topological polar surface area (TPSA) is 103 Å². The first-order chi connectivity index (χ1) is 13.5. The average Bonchev–Trinajstić information content (AvgIpc) is 2.68. The Balaban J connectivity index is 1.99. The van der Waals surface area contributed by atoms with E-state index >= 15 is 0 Å². The van der Waals surface area contributed by atoms with Gasteiger partial charge in [0, 0.05) is 13.7 Å². The lowest BCUT2D eigenvalue weighted by molar-refractivity contribution is 0.0387. The van der Waals surface area contributed by atoms with Gasteiger partial charge in [-0.1, -0.05) is 30.3 Å². The Labute approximate surface area is 160 Å². The summed E-state index contributed by atoms with van der Waals surface area (Å²) in [5.74, 6) is -0.592. The molecule has 0 amide bonds. The zero-order chi connectivity index (χ0) is 20.1. The number of carbonyl (C=O) groups excluding carboxylic acids is 1. The van der Waals surface area contributed by atoms with Crippen LogP contribution in [-0.4, -0.2) is 40.8 Å². The fraction of sp³-hybridized carbons (Fsp3) is 0.300. The maximum absolute atomic E-state index is 12.3. The normalized spacial score (nSPS) is 10.9. The number of rotatable bonds is 7. The number of aryl methyl sites for hydroxylation is 3. The highest BCUT2D eigenvalue weighted by Gasteiger charge is 2.17. The Morgan fingerprint density at radius 2 is 1.93 bits per heavy atom. The molecule has 0 unspecified atom stereocenters. The van der Waals surface area contributed by atoms with E-state index in [-0.39, 0.29) is 29.8 Å². The molecule has 0 atom stereocenters. The number of H-pyrrole nitrogens is 1.